The van der Waals surface area contributed by atoms with Gasteiger partial charge in [0.25, 0.3) is 5.69 Å². The summed E-state index contributed by atoms with van der Waals surface area (Å²) in [5.41, 5.74) is -3.44. The third kappa shape index (κ3) is 3.49. The Morgan fingerprint density at radius 3 is 2.35 bits per heavy atom. The van der Waals surface area contributed by atoms with Crippen LogP contribution in [0, 0.1) is 17.0 Å². The summed E-state index contributed by atoms with van der Waals surface area (Å²) < 4.78 is 81.7. The van der Waals surface area contributed by atoms with Crippen LogP contribution in [-0.4, -0.2) is 30.0 Å². The minimum absolute atomic E-state index is 0.276. The standard InChI is InChI=1S/C12H8F6N2O3/c1-6-5-19(10(23-6)12(16,17)18)7-2-3-9(20(21)22)8(4-7)11(13,14)15/h1-4,6,10H,5H2/t6-,10+/m0/s1. The fourth-order valence-electron chi connectivity index (χ4n) is 2.16. The molecule has 1 saturated heterocycles. The number of benzene rings is 1. The van der Waals surface area contributed by atoms with E-state index in [1.807, 2.05) is 0 Å². The van der Waals surface area contributed by atoms with E-state index < -0.39 is 53.1 Å². The van der Waals surface area contributed by atoms with Gasteiger partial charge in [-0.25, -0.2) is 0 Å². The Kier molecular flexibility index (Phi) is 4.18. The molecule has 0 aromatic heterocycles. The number of nitro groups is 1. The second kappa shape index (κ2) is 5.55. The van der Waals surface area contributed by atoms with Crippen molar-refractivity contribution >= 4 is 11.4 Å². The predicted octanol–water partition coefficient (Wildman–Crippen LogP) is 3.42. The Morgan fingerprint density at radius 1 is 1.26 bits per heavy atom. The summed E-state index contributed by atoms with van der Waals surface area (Å²) in [6, 6.07) is 1.56. The van der Waals surface area contributed by atoms with Crippen LogP contribution in [0.15, 0.2) is 18.2 Å². The van der Waals surface area contributed by atoms with Crippen LogP contribution in [0.2, 0.25) is 0 Å². The lowest BCUT2D eigenvalue weighted by Crippen LogP contribution is -2.42. The summed E-state index contributed by atoms with van der Waals surface area (Å²) in [6.07, 6.45) is -13.9. The smallest absolute Gasteiger partial charge is 0.344 e. The molecule has 0 amide bonds. The molecule has 11 heteroatoms. The fraction of sp³-hybridized carbons (Fsp3) is 0.417. The van der Waals surface area contributed by atoms with Gasteiger partial charge >= 0.3 is 12.4 Å². The van der Waals surface area contributed by atoms with Crippen LogP contribution in [0.25, 0.3) is 0 Å². The van der Waals surface area contributed by atoms with Crippen molar-refractivity contribution in [2.24, 2.45) is 0 Å². The molecule has 1 fully saturated rings. The molecule has 0 N–H and O–H groups in total. The molecule has 2 rings (SSSR count). The highest BCUT2D eigenvalue weighted by Crippen LogP contribution is 2.41. The first-order chi connectivity index (χ1) is 10.4. The maximum atomic E-state index is 12.9. The molecule has 0 unspecified atom stereocenters. The zero-order valence-corrected chi connectivity index (χ0v) is 11.1. The summed E-state index contributed by atoms with van der Waals surface area (Å²) in [5.74, 6) is 0. The molecule has 1 heterocycles. The number of rotatable bonds is 2. The third-order valence-corrected chi connectivity index (χ3v) is 3.06. The molecule has 126 valence electrons. The van der Waals surface area contributed by atoms with E-state index in [1.54, 1.807) is 0 Å². The van der Waals surface area contributed by atoms with Gasteiger partial charge in [0.15, 0.2) is 0 Å². The van der Waals surface area contributed by atoms with Crippen LogP contribution in [-0.2, 0) is 10.9 Å². The number of halogens is 6. The van der Waals surface area contributed by atoms with Gasteiger partial charge in [-0.05, 0) is 19.1 Å². The maximum Gasteiger partial charge on any atom is 0.433 e. The van der Waals surface area contributed by atoms with Crippen molar-refractivity contribution in [3.05, 3.63) is 40.8 Å². The molecule has 1 aromatic rings. The molecule has 2 atom stereocenters. The van der Waals surface area contributed by atoms with Crippen molar-refractivity contribution in [3.63, 3.8) is 0 Å². The van der Waals surface area contributed by atoms with Gasteiger partial charge in [-0.3, -0.25) is 10.1 Å². The Bertz CT molecular complexity index is 616. The van der Waals surface area contributed by atoms with Crippen molar-refractivity contribution in [1.82, 2.24) is 0 Å². The van der Waals surface area contributed by atoms with Gasteiger partial charge in [-0.1, -0.05) is 0 Å². The number of hydrogen-bond donors (Lipinski definition) is 0. The highest BCUT2D eigenvalue weighted by molar-refractivity contribution is 5.57. The molecular formula is C12H8F6N2O3. The summed E-state index contributed by atoms with van der Waals surface area (Å²) in [5, 5.41) is 10.6. The van der Waals surface area contributed by atoms with E-state index in [-0.39, 0.29) is 6.07 Å². The third-order valence-electron chi connectivity index (χ3n) is 3.06. The van der Waals surface area contributed by atoms with E-state index >= 15 is 0 Å². The Labute approximate surface area is 125 Å². The molecule has 0 bridgehead atoms. The largest absolute Gasteiger partial charge is 0.433 e. The second-order valence-corrected chi connectivity index (χ2v) is 4.68. The van der Waals surface area contributed by atoms with Gasteiger partial charge in [0.2, 0.25) is 6.23 Å². The SMILES string of the molecule is [CH][C@H]1CN(c2ccc([N+](=O)[O-])c(C(F)(F)F)c2)[C@@H](C(F)(F)F)O1. The lowest BCUT2D eigenvalue weighted by atomic mass is 10.1. The quantitative estimate of drug-likeness (QED) is 0.469. The van der Waals surface area contributed by atoms with Crippen molar-refractivity contribution in [3.8, 4) is 0 Å². The topological polar surface area (TPSA) is 55.6 Å². The van der Waals surface area contributed by atoms with Crippen LogP contribution >= 0.6 is 0 Å². The predicted molar refractivity (Wildman–Crippen MR) is 64.5 cm³/mol. The van der Waals surface area contributed by atoms with E-state index in [2.05, 4.69) is 4.74 Å². The van der Waals surface area contributed by atoms with Crippen LogP contribution in [0.1, 0.15) is 5.56 Å². The minimum Gasteiger partial charge on any atom is -0.344 e. The molecule has 23 heavy (non-hydrogen) atoms. The van der Waals surface area contributed by atoms with Crippen molar-refractivity contribution in [2.45, 2.75) is 24.7 Å². The molecular weight excluding hydrogens is 334 g/mol. The van der Waals surface area contributed by atoms with E-state index in [4.69, 9.17) is 6.92 Å². The highest BCUT2D eigenvalue weighted by atomic mass is 19.4. The number of alkyl halides is 6. The molecule has 2 radical (unpaired) electrons. The van der Waals surface area contributed by atoms with Crippen LogP contribution in [0.4, 0.5) is 37.7 Å². The van der Waals surface area contributed by atoms with Crippen LogP contribution in [0.3, 0.4) is 0 Å². The van der Waals surface area contributed by atoms with Gasteiger partial charge in [-0.15, -0.1) is 0 Å². The number of nitrogens with zero attached hydrogens (tertiary/aromatic N) is 2. The van der Waals surface area contributed by atoms with Crippen molar-refractivity contribution in [2.75, 3.05) is 11.4 Å². The number of ether oxygens (including phenoxy) is 1. The number of nitro benzene ring substituents is 1. The van der Waals surface area contributed by atoms with Gasteiger partial charge in [-0.2, -0.15) is 26.3 Å². The highest BCUT2D eigenvalue weighted by Gasteiger charge is 2.50. The van der Waals surface area contributed by atoms with Crippen molar-refractivity contribution < 1.29 is 36.0 Å². The molecule has 0 spiro atoms. The molecule has 5 nitrogen and oxygen atoms in total. The van der Waals surface area contributed by atoms with E-state index in [1.165, 1.54) is 0 Å². The minimum atomic E-state index is -5.10. The Balaban J connectivity index is 2.50. The molecule has 1 aromatic carbocycles. The Hall–Kier alpha value is -2.04. The lowest BCUT2D eigenvalue weighted by Gasteiger charge is -2.27. The van der Waals surface area contributed by atoms with Gasteiger partial charge in [0, 0.05) is 18.3 Å². The van der Waals surface area contributed by atoms with Gasteiger partial charge in [0.1, 0.15) is 5.56 Å². The summed E-state index contributed by atoms with van der Waals surface area (Å²) in [7, 11) is 0. The summed E-state index contributed by atoms with van der Waals surface area (Å²) >= 11 is 0. The van der Waals surface area contributed by atoms with E-state index in [0.29, 0.717) is 11.0 Å². The lowest BCUT2D eigenvalue weighted by molar-refractivity contribution is -0.388. The van der Waals surface area contributed by atoms with Gasteiger partial charge < -0.3 is 9.64 Å². The van der Waals surface area contributed by atoms with E-state index in [0.717, 1.165) is 6.07 Å². The number of anilines is 1. The molecule has 1 aliphatic heterocycles. The zero-order valence-electron chi connectivity index (χ0n) is 11.1. The van der Waals surface area contributed by atoms with Crippen LogP contribution < -0.4 is 4.90 Å². The average molecular weight is 342 g/mol. The molecule has 0 aliphatic carbocycles. The fourth-order valence-corrected chi connectivity index (χ4v) is 2.16. The monoisotopic (exact) mass is 342 g/mol. The number of hydrogen-bond acceptors (Lipinski definition) is 4. The summed E-state index contributed by atoms with van der Waals surface area (Å²) in [4.78, 5) is 9.86. The first-order valence-corrected chi connectivity index (χ1v) is 6.01. The normalized spacial score (nSPS) is 22.5. The summed E-state index contributed by atoms with van der Waals surface area (Å²) in [6.45, 7) is 4.74. The van der Waals surface area contributed by atoms with E-state index in [9.17, 15) is 36.5 Å². The first kappa shape index (κ1) is 17.3. The zero-order chi connectivity index (χ0) is 17.6. The first-order valence-electron chi connectivity index (χ1n) is 6.01. The average Bonchev–Trinajstić information content (AvgIpc) is 2.79. The van der Waals surface area contributed by atoms with Crippen LogP contribution in [0.5, 0.6) is 0 Å². The van der Waals surface area contributed by atoms with Gasteiger partial charge in [0.05, 0.1) is 11.0 Å². The Morgan fingerprint density at radius 2 is 1.87 bits per heavy atom. The molecule has 0 saturated carbocycles. The maximum absolute atomic E-state index is 12.9. The molecule has 1 aliphatic rings. The second-order valence-electron chi connectivity index (χ2n) is 4.68. The van der Waals surface area contributed by atoms with Crippen molar-refractivity contribution in [1.29, 1.82) is 0 Å².